The highest BCUT2D eigenvalue weighted by molar-refractivity contribution is 5.93. The van der Waals surface area contributed by atoms with Crippen molar-refractivity contribution in [2.24, 2.45) is 20.0 Å². The predicted octanol–water partition coefficient (Wildman–Crippen LogP) is 3.13. The summed E-state index contributed by atoms with van der Waals surface area (Å²) in [6, 6.07) is 5.47. The highest BCUT2D eigenvalue weighted by Crippen LogP contribution is 2.23. The molecule has 0 saturated carbocycles. The number of hydrogen-bond acceptors (Lipinski definition) is 3. The molecule has 0 radical (unpaired) electrons. The van der Waals surface area contributed by atoms with E-state index < -0.39 is 0 Å². The monoisotopic (exact) mass is 340 g/mol. The van der Waals surface area contributed by atoms with Crippen molar-refractivity contribution in [3.63, 3.8) is 0 Å². The Morgan fingerprint density at radius 1 is 1.24 bits per heavy atom. The molecule has 0 fully saturated rings. The Morgan fingerprint density at radius 3 is 2.64 bits per heavy atom. The Morgan fingerprint density at radius 2 is 2.00 bits per heavy atom. The molecule has 2 N–H and O–H groups in total. The van der Waals surface area contributed by atoms with Gasteiger partial charge >= 0.3 is 6.03 Å². The number of nitrogens with one attached hydrogen (secondary N) is 2. The van der Waals surface area contributed by atoms with Crippen molar-refractivity contribution in [1.82, 2.24) is 24.9 Å². The van der Waals surface area contributed by atoms with Crippen LogP contribution in [-0.2, 0) is 14.1 Å². The summed E-state index contributed by atoms with van der Waals surface area (Å²) in [5.41, 5.74) is 3.69. The summed E-state index contributed by atoms with van der Waals surface area (Å²) in [6.45, 7) is 6.12. The molecule has 3 aromatic rings. The highest BCUT2D eigenvalue weighted by atomic mass is 16.2. The van der Waals surface area contributed by atoms with Gasteiger partial charge in [-0.25, -0.2) is 4.79 Å². The van der Waals surface area contributed by atoms with Crippen molar-refractivity contribution >= 4 is 22.6 Å². The molecule has 0 aliphatic rings. The highest BCUT2D eigenvalue weighted by Gasteiger charge is 2.20. The molecule has 2 amide bonds. The van der Waals surface area contributed by atoms with Crippen molar-refractivity contribution in [3.05, 3.63) is 41.9 Å². The summed E-state index contributed by atoms with van der Waals surface area (Å²) in [6.07, 6.45) is 3.71. The third kappa shape index (κ3) is 3.50. The normalized spacial score (nSPS) is 12.6. The fourth-order valence-electron chi connectivity index (χ4n) is 3.06. The quantitative estimate of drug-likeness (QED) is 0.766. The van der Waals surface area contributed by atoms with Crippen LogP contribution in [-0.4, -0.2) is 25.6 Å². The van der Waals surface area contributed by atoms with Crippen LogP contribution in [0.15, 0.2) is 30.6 Å². The molecule has 1 unspecified atom stereocenters. The number of carbonyl (C=O) groups excluding carboxylic acids is 1. The van der Waals surface area contributed by atoms with E-state index in [1.165, 1.54) is 0 Å². The number of nitrogens with zero attached hydrogens (tertiary/aromatic N) is 4. The minimum Gasteiger partial charge on any atom is -0.331 e. The van der Waals surface area contributed by atoms with Crippen LogP contribution in [0.1, 0.15) is 31.1 Å². The molecule has 7 nitrogen and oxygen atoms in total. The number of urea groups is 1. The van der Waals surface area contributed by atoms with Crippen LogP contribution in [0.3, 0.4) is 0 Å². The first-order chi connectivity index (χ1) is 11.8. The van der Waals surface area contributed by atoms with Crippen LogP contribution in [0.4, 0.5) is 10.5 Å². The van der Waals surface area contributed by atoms with E-state index in [1.54, 1.807) is 10.9 Å². The smallest absolute Gasteiger partial charge is 0.319 e. The fourth-order valence-corrected chi connectivity index (χ4v) is 3.06. The number of hydrogen-bond donors (Lipinski definition) is 2. The summed E-state index contributed by atoms with van der Waals surface area (Å²) >= 11 is 0. The van der Waals surface area contributed by atoms with Crippen LogP contribution in [0.25, 0.3) is 10.9 Å². The topological polar surface area (TPSA) is 76.8 Å². The van der Waals surface area contributed by atoms with Gasteiger partial charge in [-0.1, -0.05) is 13.8 Å². The standard InChI is InChI=1S/C18H24N6O/c1-11(2)17(13-9-19-23(4)10-13)21-18(25)20-14-6-7-15-12(3)22-24(5)16(15)8-14/h6-11,17H,1-5H3,(H2,20,21,25). The number of carbonyl (C=O) groups is 1. The molecule has 7 heteroatoms. The zero-order valence-electron chi connectivity index (χ0n) is 15.2. The first-order valence-corrected chi connectivity index (χ1v) is 8.34. The lowest BCUT2D eigenvalue weighted by molar-refractivity contribution is 0.244. The van der Waals surface area contributed by atoms with Crippen molar-refractivity contribution in [2.75, 3.05) is 5.32 Å². The molecule has 0 bridgehead atoms. The van der Waals surface area contributed by atoms with Gasteiger partial charge in [0.15, 0.2) is 0 Å². The molecule has 0 aliphatic heterocycles. The molecular formula is C18H24N6O. The number of amides is 2. The Balaban J connectivity index is 1.76. The van der Waals surface area contributed by atoms with Gasteiger partial charge in [-0.3, -0.25) is 9.36 Å². The molecule has 25 heavy (non-hydrogen) atoms. The molecule has 0 saturated heterocycles. The minimum atomic E-state index is -0.235. The lowest BCUT2D eigenvalue weighted by atomic mass is 9.99. The van der Waals surface area contributed by atoms with E-state index in [1.807, 2.05) is 50.1 Å². The fraction of sp³-hybridized carbons (Fsp3) is 0.389. The van der Waals surface area contributed by atoms with Gasteiger partial charge in [0.2, 0.25) is 0 Å². The molecule has 1 aromatic carbocycles. The molecular weight excluding hydrogens is 316 g/mol. The van der Waals surface area contributed by atoms with Crippen LogP contribution in [0.2, 0.25) is 0 Å². The molecule has 2 heterocycles. The van der Waals surface area contributed by atoms with E-state index in [-0.39, 0.29) is 18.0 Å². The number of rotatable bonds is 4. The third-order valence-corrected chi connectivity index (χ3v) is 4.33. The Labute approximate surface area is 147 Å². The average Bonchev–Trinajstić information content (AvgIpc) is 3.09. The lowest BCUT2D eigenvalue weighted by Crippen LogP contribution is -2.35. The Hall–Kier alpha value is -2.83. The summed E-state index contributed by atoms with van der Waals surface area (Å²) in [4.78, 5) is 12.5. The van der Waals surface area contributed by atoms with Crippen molar-refractivity contribution < 1.29 is 4.79 Å². The number of anilines is 1. The van der Waals surface area contributed by atoms with Gasteiger partial charge < -0.3 is 10.6 Å². The van der Waals surface area contributed by atoms with Crippen LogP contribution < -0.4 is 10.6 Å². The van der Waals surface area contributed by atoms with E-state index >= 15 is 0 Å². The maximum absolute atomic E-state index is 12.5. The van der Waals surface area contributed by atoms with Gasteiger partial charge in [-0.2, -0.15) is 10.2 Å². The Bertz CT molecular complexity index is 908. The largest absolute Gasteiger partial charge is 0.331 e. The number of aromatic nitrogens is 4. The second-order valence-electron chi connectivity index (χ2n) is 6.71. The van der Waals surface area contributed by atoms with Gasteiger partial charge in [-0.15, -0.1) is 0 Å². The summed E-state index contributed by atoms with van der Waals surface area (Å²) in [7, 11) is 3.77. The molecule has 0 aliphatic carbocycles. The average molecular weight is 340 g/mol. The van der Waals surface area contributed by atoms with Gasteiger partial charge in [0.05, 0.1) is 23.4 Å². The summed E-state index contributed by atoms with van der Waals surface area (Å²) in [5.74, 6) is 0.247. The van der Waals surface area contributed by atoms with Gasteiger partial charge in [0.25, 0.3) is 0 Å². The zero-order chi connectivity index (χ0) is 18.1. The lowest BCUT2D eigenvalue weighted by Gasteiger charge is -2.21. The number of benzene rings is 1. The number of fused-ring (bicyclic) bond motifs is 1. The van der Waals surface area contributed by atoms with E-state index in [2.05, 4.69) is 34.7 Å². The molecule has 0 spiro atoms. The van der Waals surface area contributed by atoms with E-state index in [4.69, 9.17) is 0 Å². The molecule has 3 rings (SSSR count). The van der Waals surface area contributed by atoms with Gasteiger partial charge in [0.1, 0.15) is 0 Å². The SMILES string of the molecule is Cc1nn(C)c2cc(NC(=O)NC(c3cnn(C)c3)C(C)C)ccc12. The maximum atomic E-state index is 12.5. The van der Waals surface area contributed by atoms with Crippen LogP contribution >= 0.6 is 0 Å². The van der Waals surface area contributed by atoms with Crippen LogP contribution in [0, 0.1) is 12.8 Å². The zero-order valence-corrected chi connectivity index (χ0v) is 15.2. The van der Waals surface area contributed by atoms with E-state index in [0.29, 0.717) is 0 Å². The molecule has 1 atom stereocenters. The summed E-state index contributed by atoms with van der Waals surface area (Å²) in [5, 5.41) is 15.6. The predicted molar refractivity (Wildman–Crippen MR) is 98.4 cm³/mol. The van der Waals surface area contributed by atoms with Crippen molar-refractivity contribution in [2.45, 2.75) is 26.8 Å². The second-order valence-corrected chi connectivity index (χ2v) is 6.71. The molecule has 132 valence electrons. The van der Waals surface area contributed by atoms with E-state index in [0.717, 1.165) is 27.8 Å². The summed E-state index contributed by atoms with van der Waals surface area (Å²) < 4.78 is 3.56. The van der Waals surface area contributed by atoms with Gasteiger partial charge in [-0.05, 0) is 31.0 Å². The first-order valence-electron chi connectivity index (χ1n) is 8.34. The first kappa shape index (κ1) is 17.0. The number of aryl methyl sites for hydroxylation is 3. The van der Waals surface area contributed by atoms with Gasteiger partial charge in [0, 0.05) is 36.9 Å². The molecule has 2 aromatic heterocycles. The third-order valence-electron chi connectivity index (χ3n) is 4.33. The van der Waals surface area contributed by atoms with Crippen molar-refractivity contribution in [1.29, 1.82) is 0 Å². The van der Waals surface area contributed by atoms with Crippen LogP contribution in [0.5, 0.6) is 0 Å². The minimum absolute atomic E-state index is 0.101. The van der Waals surface area contributed by atoms with Crippen molar-refractivity contribution in [3.8, 4) is 0 Å². The maximum Gasteiger partial charge on any atom is 0.319 e. The second kappa shape index (κ2) is 6.58. The Kier molecular flexibility index (Phi) is 4.48. The van der Waals surface area contributed by atoms with E-state index in [9.17, 15) is 4.79 Å².